The zero-order chi connectivity index (χ0) is 24.7. The van der Waals surface area contributed by atoms with E-state index in [2.05, 4.69) is 58.5 Å². The minimum absolute atomic E-state index is 0. The normalized spacial score (nSPS) is 10.2. The minimum Gasteiger partial charge on any atom is -0.373 e. The third kappa shape index (κ3) is 5.87. The van der Waals surface area contributed by atoms with Crippen molar-refractivity contribution in [2.75, 3.05) is 0 Å². The van der Waals surface area contributed by atoms with Gasteiger partial charge in [0.2, 0.25) is 0 Å². The number of aryl methyl sites for hydroxylation is 2. The molecule has 184 valence electrons. The molecule has 0 fully saturated rings. The Morgan fingerprint density at radius 2 is 0.946 bits per heavy atom. The molecule has 2 heterocycles. The standard InChI is InChI=1S/2C16H13N2.Pt/c2*1-18-12-11-17-16(18)15-10-6-5-9-14(15)13-7-3-2-4-8-13;/h2*2-9,11-12H,1H3;/q2*-1;+2. The average molecular weight is 662 g/mol. The van der Waals surface area contributed by atoms with Crippen LogP contribution in [0.1, 0.15) is 0 Å². The van der Waals surface area contributed by atoms with Crippen molar-refractivity contribution in [1.29, 1.82) is 0 Å². The Hall–Kier alpha value is -4.01. The first-order chi connectivity index (χ1) is 17.7. The molecule has 0 radical (unpaired) electrons. The fourth-order valence-corrected chi connectivity index (χ4v) is 4.17. The van der Waals surface area contributed by atoms with Gasteiger partial charge in [-0.2, -0.15) is 0 Å². The largest absolute Gasteiger partial charge is 2.00 e. The summed E-state index contributed by atoms with van der Waals surface area (Å²) in [6.45, 7) is 0. The van der Waals surface area contributed by atoms with Gasteiger partial charge in [-0.3, -0.25) is 9.97 Å². The third-order valence-corrected chi connectivity index (χ3v) is 5.97. The fraction of sp³-hybridized carbons (Fsp3) is 0.0625. The van der Waals surface area contributed by atoms with Gasteiger partial charge in [0.15, 0.2) is 0 Å². The van der Waals surface area contributed by atoms with Crippen molar-refractivity contribution in [3.8, 4) is 45.0 Å². The first-order valence-corrected chi connectivity index (χ1v) is 11.8. The van der Waals surface area contributed by atoms with Gasteiger partial charge in [0.05, 0.1) is 11.6 Å². The molecule has 0 aliphatic heterocycles. The van der Waals surface area contributed by atoms with Crippen LogP contribution in [0.5, 0.6) is 0 Å². The van der Waals surface area contributed by atoms with Gasteiger partial charge < -0.3 is 9.13 Å². The van der Waals surface area contributed by atoms with Gasteiger partial charge in [0.1, 0.15) is 0 Å². The van der Waals surface area contributed by atoms with Crippen LogP contribution < -0.4 is 0 Å². The molecule has 4 nitrogen and oxygen atoms in total. The van der Waals surface area contributed by atoms with Crippen LogP contribution in [0.4, 0.5) is 0 Å². The second kappa shape index (κ2) is 12.3. The van der Waals surface area contributed by atoms with Crippen molar-refractivity contribution in [1.82, 2.24) is 19.1 Å². The minimum atomic E-state index is 0. The van der Waals surface area contributed by atoms with E-state index in [4.69, 9.17) is 0 Å². The Labute approximate surface area is 232 Å². The summed E-state index contributed by atoms with van der Waals surface area (Å²) in [7, 11) is 4.00. The summed E-state index contributed by atoms with van der Waals surface area (Å²) in [5.74, 6) is 1.88. The van der Waals surface area contributed by atoms with Gasteiger partial charge in [0, 0.05) is 38.9 Å². The summed E-state index contributed by atoms with van der Waals surface area (Å²) in [6, 6.07) is 39.3. The third-order valence-electron chi connectivity index (χ3n) is 5.97. The monoisotopic (exact) mass is 661 g/mol. The maximum atomic E-state index is 4.40. The van der Waals surface area contributed by atoms with Crippen molar-refractivity contribution < 1.29 is 21.1 Å². The van der Waals surface area contributed by atoms with Crippen molar-refractivity contribution in [2.45, 2.75) is 0 Å². The van der Waals surface area contributed by atoms with Gasteiger partial charge in [-0.15, -0.1) is 59.7 Å². The van der Waals surface area contributed by atoms with Gasteiger partial charge in [-0.25, -0.2) is 0 Å². The fourth-order valence-electron chi connectivity index (χ4n) is 4.17. The second-order valence-corrected chi connectivity index (χ2v) is 8.37. The molecule has 0 aliphatic rings. The second-order valence-electron chi connectivity index (χ2n) is 8.37. The average Bonchev–Trinajstić information content (AvgIpc) is 3.57. The van der Waals surface area contributed by atoms with E-state index < -0.39 is 0 Å². The molecule has 0 saturated heterocycles. The Morgan fingerprint density at radius 1 is 0.541 bits per heavy atom. The maximum absolute atomic E-state index is 4.40. The van der Waals surface area contributed by atoms with E-state index in [1.165, 1.54) is 11.1 Å². The van der Waals surface area contributed by atoms with Crippen molar-refractivity contribution in [3.05, 3.63) is 134 Å². The Balaban J connectivity index is 0.000000168. The smallest absolute Gasteiger partial charge is 0.373 e. The molecule has 0 aliphatic carbocycles. The molecule has 5 heteroatoms. The molecule has 0 atom stereocenters. The van der Waals surface area contributed by atoms with Crippen molar-refractivity contribution in [3.63, 3.8) is 0 Å². The molecular weight excluding hydrogens is 635 g/mol. The van der Waals surface area contributed by atoms with Crippen LogP contribution in [-0.2, 0) is 35.2 Å². The first-order valence-electron chi connectivity index (χ1n) is 11.8. The summed E-state index contributed by atoms with van der Waals surface area (Å²) >= 11 is 0. The van der Waals surface area contributed by atoms with Crippen LogP contribution in [0, 0.1) is 12.1 Å². The quantitative estimate of drug-likeness (QED) is 0.189. The predicted octanol–water partition coefficient (Wildman–Crippen LogP) is 7.11. The zero-order valence-electron chi connectivity index (χ0n) is 20.7. The first kappa shape index (κ1) is 26.1. The number of nitrogens with zero attached hydrogens (tertiary/aromatic N) is 4. The van der Waals surface area contributed by atoms with E-state index in [0.29, 0.717) is 0 Å². The van der Waals surface area contributed by atoms with E-state index in [1.54, 1.807) is 0 Å². The van der Waals surface area contributed by atoms with E-state index in [-0.39, 0.29) is 21.1 Å². The number of rotatable bonds is 4. The Bertz CT molecular complexity index is 1430. The van der Waals surface area contributed by atoms with Gasteiger partial charge in [-0.05, 0) is 0 Å². The molecule has 0 N–H and O–H groups in total. The number of aromatic nitrogens is 4. The van der Waals surface area contributed by atoms with Crippen LogP contribution in [0.25, 0.3) is 45.0 Å². The molecule has 0 spiro atoms. The molecule has 0 amide bonds. The van der Waals surface area contributed by atoms with Crippen LogP contribution in [0.15, 0.2) is 122 Å². The summed E-state index contributed by atoms with van der Waals surface area (Å²) in [4.78, 5) is 8.81. The topological polar surface area (TPSA) is 35.6 Å². The molecule has 2 aromatic heterocycles. The summed E-state index contributed by atoms with van der Waals surface area (Å²) < 4.78 is 4.02. The Kier molecular flexibility index (Phi) is 8.66. The number of imidazole rings is 2. The van der Waals surface area contributed by atoms with Gasteiger partial charge in [0.25, 0.3) is 0 Å². The van der Waals surface area contributed by atoms with Crippen LogP contribution >= 0.6 is 0 Å². The SMILES string of the molecule is Cn1ccnc1-c1[c-]cccc1-c1ccccc1.Cn1ccnc1-c1[c-]cccc1-c1ccccc1.[Pt+2]. The molecule has 6 aromatic rings. The van der Waals surface area contributed by atoms with E-state index in [1.807, 2.05) is 109 Å². The molecule has 0 unspecified atom stereocenters. The van der Waals surface area contributed by atoms with Gasteiger partial charge in [-0.1, -0.05) is 82.9 Å². The van der Waals surface area contributed by atoms with Crippen LogP contribution in [0.3, 0.4) is 0 Å². The molecule has 4 aromatic carbocycles. The molecule has 37 heavy (non-hydrogen) atoms. The van der Waals surface area contributed by atoms with Crippen LogP contribution in [0.2, 0.25) is 0 Å². The summed E-state index contributed by atoms with van der Waals surface area (Å²) in [5, 5.41) is 0. The van der Waals surface area contributed by atoms with E-state index in [9.17, 15) is 0 Å². The number of hydrogen-bond acceptors (Lipinski definition) is 2. The summed E-state index contributed by atoms with van der Waals surface area (Å²) in [6.07, 6.45) is 7.52. The Morgan fingerprint density at radius 3 is 1.30 bits per heavy atom. The molecule has 0 saturated carbocycles. The molecule has 6 rings (SSSR count). The zero-order valence-corrected chi connectivity index (χ0v) is 22.9. The maximum Gasteiger partial charge on any atom is 2.00 e. The van der Waals surface area contributed by atoms with Gasteiger partial charge >= 0.3 is 21.1 Å². The predicted molar refractivity (Wildman–Crippen MR) is 146 cm³/mol. The molecular formula is C32H26N4Pt. The van der Waals surface area contributed by atoms with E-state index >= 15 is 0 Å². The number of benzene rings is 4. The van der Waals surface area contributed by atoms with Crippen LogP contribution in [-0.4, -0.2) is 19.1 Å². The summed E-state index contributed by atoms with van der Waals surface area (Å²) in [5.41, 5.74) is 6.77. The van der Waals surface area contributed by atoms with Crippen molar-refractivity contribution in [2.24, 2.45) is 14.1 Å². The molecule has 0 bridgehead atoms. The van der Waals surface area contributed by atoms with E-state index in [0.717, 1.165) is 33.9 Å². The number of hydrogen-bond donors (Lipinski definition) is 0. The van der Waals surface area contributed by atoms with Crippen molar-refractivity contribution >= 4 is 0 Å².